The van der Waals surface area contributed by atoms with Crippen LogP contribution in [-0.4, -0.2) is 43.5 Å². The molecule has 10 heteroatoms. The molecule has 0 saturated carbocycles. The summed E-state index contributed by atoms with van der Waals surface area (Å²) in [5.74, 6) is 0.810. The quantitative estimate of drug-likeness (QED) is 0.269. The lowest BCUT2D eigenvalue weighted by Gasteiger charge is -2.22. The molecule has 38 heavy (non-hydrogen) atoms. The van der Waals surface area contributed by atoms with E-state index in [0.29, 0.717) is 42.1 Å². The zero-order valence-electron chi connectivity index (χ0n) is 20.9. The maximum atomic E-state index is 12.6. The minimum absolute atomic E-state index is 0.0795. The van der Waals surface area contributed by atoms with Gasteiger partial charge in [0.25, 0.3) is 5.91 Å². The lowest BCUT2D eigenvalue weighted by atomic mass is 10.0. The van der Waals surface area contributed by atoms with Gasteiger partial charge in [-0.2, -0.15) is 13.2 Å². The first-order valence-electron chi connectivity index (χ1n) is 12.5. The number of ether oxygens (including phenoxy) is 2. The molecule has 1 fully saturated rings. The number of benzene rings is 2. The Morgan fingerprint density at radius 3 is 2.68 bits per heavy atom. The summed E-state index contributed by atoms with van der Waals surface area (Å²) < 4.78 is 49.1. The Morgan fingerprint density at radius 2 is 1.92 bits per heavy atom. The number of aromatic nitrogens is 1. The maximum absolute atomic E-state index is 12.6. The number of rotatable bonds is 11. The van der Waals surface area contributed by atoms with E-state index in [-0.39, 0.29) is 19.1 Å². The van der Waals surface area contributed by atoms with Crippen LogP contribution in [0.1, 0.15) is 36.0 Å². The van der Waals surface area contributed by atoms with Crippen molar-refractivity contribution in [3.05, 3.63) is 71.4 Å². The van der Waals surface area contributed by atoms with E-state index in [1.54, 1.807) is 12.4 Å². The number of nitrogens with one attached hydrogen (secondary N) is 1. The number of aryl methyl sites for hydroxylation is 1. The Kier molecular flexibility index (Phi) is 9.53. The number of pyridine rings is 1. The maximum Gasteiger partial charge on any atom is 0.416 e. The van der Waals surface area contributed by atoms with E-state index >= 15 is 0 Å². The summed E-state index contributed by atoms with van der Waals surface area (Å²) in [6, 6.07) is 12.3. The zero-order chi connectivity index (χ0) is 26.8. The predicted octanol–water partition coefficient (Wildman–Crippen LogP) is 5.31. The minimum Gasteiger partial charge on any atom is -0.481 e. The molecule has 0 bridgehead atoms. The van der Waals surface area contributed by atoms with Crippen molar-refractivity contribution in [1.82, 2.24) is 10.3 Å². The van der Waals surface area contributed by atoms with E-state index in [9.17, 15) is 18.0 Å². The van der Waals surface area contributed by atoms with Crippen LogP contribution in [0.3, 0.4) is 0 Å². The molecule has 1 aliphatic rings. The first kappa shape index (κ1) is 27.4. The minimum atomic E-state index is -4.36. The van der Waals surface area contributed by atoms with Gasteiger partial charge in [-0.15, -0.1) is 0 Å². The molecule has 0 radical (unpaired) electrons. The van der Waals surface area contributed by atoms with Crippen LogP contribution in [-0.2, 0) is 33.6 Å². The fourth-order valence-corrected chi connectivity index (χ4v) is 4.17. The molecule has 3 aromatic rings. The Bertz CT molecular complexity index is 1230. The van der Waals surface area contributed by atoms with Gasteiger partial charge in [0.2, 0.25) is 0 Å². The molecule has 1 N–H and O–H groups in total. The van der Waals surface area contributed by atoms with Gasteiger partial charge in [0.05, 0.1) is 5.56 Å². The topological polar surface area (TPSA) is 82.0 Å². The normalized spacial score (nSPS) is 14.6. The van der Waals surface area contributed by atoms with Crippen molar-refractivity contribution >= 4 is 23.0 Å². The highest BCUT2D eigenvalue weighted by Gasteiger charge is 2.29. The molecule has 1 saturated heterocycles. The number of alkyl halides is 3. The van der Waals surface area contributed by atoms with Crippen LogP contribution < -0.4 is 10.1 Å². The number of hydrogen-bond acceptors (Lipinski definition) is 6. The molecule has 1 aromatic heterocycles. The number of amides is 1. The lowest BCUT2D eigenvalue weighted by molar-refractivity contribution is -0.137. The van der Waals surface area contributed by atoms with Gasteiger partial charge in [0.1, 0.15) is 17.9 Å². The van der Waals surface area contributed by atoms with Crippen LogP contribution >= 0.6 is 0 Å². The first-order chi connectivity index (χ1) is 18.4. The molecule has 2 aromatic carbocycles. The highest BCUT2D eigenvalue weighted by molar-refractivity contribution is 5.88. The number of carbonyl (C=O) groups is 1. The third-order valence-corrected chi connectivity index (χ3v) is 6.31. The SMILES string of the molecule is O=C(COc1ccc(CCC=NOCc2ccc(C(F)(F)F)cc2)c2cccnc12)NCC1CCOCC1. The second-order valence-electron chi connectivity index (χ2n) is 9.07. The number of oxime groups is 1. The van der Waals surface area contributed by atoms with Crippen molar-refractivity contribution in [3.63, 3.8) is 0 Å². The Morgan fingerprint density at radius 1 is 1.13 bits per heavy atom. The Labute approximate surface area is 219 Å². The Balaban J connectivity index is 1.25. The molecule has 0 spiro atoms. The van der Waals surface area contributed by atoms with Crippen LogP contribution in [0.5, 0.6) is 5.75 Å². The summed E-state index contributed by atoms with van der Waals surface area (Å²) in [5.41, 5.74) is 1.62. The summed E-state index contributed by atoms with van der Waals surface area (Å²) >= 11 is 0. The monoisotopic (exact) mass is 529 g/mol. The zero-order valence-corrected chi connectivity index (χ0v) is 20.9. The van der Waals surface area contributed by atoms with Crippen LogP contribution in [0.25, 0.3) is 10.9 Å². The number of fused-ring (bicyclic) bond motifs is 1. The lowest BCUT2D eigenvalue weighted by Crippen LogP contribution is -2.35. The standard InChI is InChI=1S/C28H30F3N3O4/c29-28(30,31)23-8-5-21(6-9-23)18-38-34-14-1-3-22-7-10-25(27-24(22)4-2-13-32-27)37-19-26(35)33-17-20-11-15-36-16-12-20/h2,4-10,13-14,20H,1,3,11-12,15-19H2,(H,33,35). The van der Waals surface area contributed by atoms with Gasteiger partial charge >= 0.3 is 6.18 Å². The average molecular weight is 530 g/mol. The highest BCUT2D eigenvalue weighted by Crippen LogP contribution is 2.29. The molecule has 0 unspecified atom stereocenters. The average Bonchev–Trinajstić information content (AvgIpc) is 2.93. The van der Waals surface area contributed by atoms with E-state index in [4.69, 9.17) is 14.3 Å². The van der Waals surface area contributed by atoms with Gasteiger partial charge in [-0.1, -0.05) is 29.4 Å². The van der Waals surface area contributed by atoms with Crippen molar-refractivity contribution in [3.8, 4) is 5.75 Å². The van der Waals surface area contributed by atoms with Crippen LogP contribution in [0.2, 0.25) is 0 Å². The second kappa shape index (κ2) is 13.2. The van der Waals surface area contributed by atoms with Crippen LogP contribution in [0, 0.1) is 5.92 Å². The fraction of sp³-hybridized carbons (Fsp3) is 0.393. The third kappa shape index (κ3) is 7.92. The number of hydrogen-bond donors (Lipinski definition) is 1. The second-order valence-corrected chi connectivity index (χ2v) is 9.07. The molecule has 0 aliphatic carbocycles. The predicted molar refractivity (Wildman–Crippen MR) is 137 cm³/mol. The van der Waals surface area contributed by atoms with E-state index < -0.39 is 11.7 Å². The third-order valence-electron chi connectivity index (χ3n) is 6.31. The van der Waals surface area contributed by atoms with Crippen molar-refractivity contribution in [2.75, 3.05) is 26.4 Å². The first-order valence-corrected chi connectivity index (χ1v) is 12.5. The van der Waals surface area contributed by atoms with Gasteiger partial charge in [0.15, 0.2) is 6.61 Å². The largest absolute Gasteiger partial charge is 0.481 e. The van der Waals surface area contributed by atoms with Crippen molar-refractivity contribution in [1.29, 1.82) is 0 Å². The molecule has 202 valence electrons. The Hall–Kier alpha value is -3.66. The van der Waals surface area contributed by atoms with Gasteiger partial charge < -0.3 is 19.6 Å². The van der Waals surface area contributed by atoms with Crippen molar-refractivity contribution < 1.29 is 32.3 Å². The molecule has 2 heterocycles. The number of halogens is 3. The van der Waals surface area contributed by atoms with Gasteiger partial charge in [-0.3, -0.25) is 9.78 Å². The summed E-state index contributed by atoms with van der Waals surface area (Å²) in [7, 11) is 0. The molecule has 1 amide bonds. The van der Waals surface area contributed by atoms with E-state index in [1.807, 2.05) is 24.3 Å². The summed E-state index contributed by atoms with van der Waals surface area (Å²) in [6.07, 6.45) is 2.11. The molecule has 0 atom stereocenters. The fourth-order valence-electron chi connectivity index (χ4n) is 4.17. The van der Waals surface area contributed by atoms with Gasteiger partial charge in [0, 0.05) is 37.6 Å². The molecule has 1 aliphatic heterocycles. The van der Waals surface area contributed by atoms with E-state index in [2.05, 4.69) is 15.5 Å². The summed E-state index contributed by atoms with van der Waals surface area (Å²) in [4.78, 5) is 21.9. The van der Waals surface area contributed by atoms with Gasteiger partial charge in [-0.05, 0) is 67.0 Å². The van der Waals surface area contributed by atoms with E-state index in [1.165, 1.54) is 12.1 Å². The molecule has 4 rings (SSSR count). The number of carbonyl (C=O) groups excluding carboxylic acids is 1. The van der Waals surface area contributed by atoms with E-state index in [0.717, 1.165) is 49.1 Å². The molecular formula is C28H30F3N3O4. The van der Waals surface area contributed by atoms with Crippen molar-refractivity contribution in [2.45, 2.75) is 38.5 Å². The number of nitrogens with zero attached hydrogens (tertiary/aromatic N) is 2. The van der Waals surface area contributed by atoms with Crippen LogP contribution in [0.4, 0.5) is 13.2 Å². The van der Waals surface area contributed by atoms with Gasteiger partial charge in [-0.25, -0.2) is 0 Å². The highest BCUT2D eigenvalue weighted by atomic mass is 19.4. The molecular weight excluding hydrogens is 499 g/mol. The van der Waals surface area contributed by atoms with Crippen molar-refractivity contribution in [2.24, 2.45) is 11.1 Å². The molecule has 7 nitrogen and oxygen atoms in total. The summed E-state index contributed by atoms with van der Waals surface area (Å²) in [6.45, 7) is 2.09. The van der Waals surface area contributed by atoms with Crippen LogP contribution in [0.15, 0.2) is 59.9 Å². The smallest absolute Gasteiger partial charge is 0.416 e. The summed E-state index contributed by atoms with van der Waals surface area (Å²) in [5, 5.41) is 7.77.